The first kappa shape index (κ1) is 21.3. The number of carbonyl (C=O) groups is 2. The van der Waals surface area contributed by atoms with Crippen molar-refractivity contribution in [1.29, 1.82) is 0 Å². The summed E-state index contributed by atoms with van der Waals surface area (Å²) >= 11 is 8.61. The third-order valence-corrected chi connectivity index (χ3v) is 6.60. The third kappa shape index (κ3) is 5.61. The number of thioether (sulfide) groups is 1. The molecule has 4 rings (SSSR count). The van der Waals surface area contributed by atoms with Gasteiger partial charge in [0.2, 0.25) is 5.91 Å². The summed E-state index contributed by atoms with van der Waals surface area (Å²) < 4.78 is 14.6. The molecule has 1 aromatic heterocycles. The van der Waals surface area contributed by atoms with Crippen LogP contribution in [0.2, 0.25) is 5.02 Å². The summed E-state index contributed by atoms with van der Waals surface area (Å²) in [5, 5.41) is 6.15. The van der Waals surface area contributed by atoms with E-state index >= 15 is 0 Å². The lowest BCUT2D eigenvalue weighted by Crippen LogP contribution is -2.13. The number of halogens is 2. The molecular formula is C22H15ClFN3O2S2. The molecule has 0 fully saturated rings. The number of thiazole rings is 1. The minimum Gasteiger partial charge on any atom is -0.325 e. The van der Waals surface area contributed by atoms with Crippen LogP contribution in [0.3, 0.4) is 0 Å². The highest BCUT2D eigenvalue weighted by molar-refractivity contribution is 8.01. The highest BCUT2D eigenvalue weighted by Gasteiger charge is 2.11. The maximum absolute atomic E-state index is 12.9. The summed E-state index contributed by atoms with van der Waals surface area (Å²) in [7, 11) is 0. The Kier molecular flexibility index (Phi) is 6.50. The Morgan fingerprint density at radius 1 is 0.968 bits per heavy atom. The van der Waals surface area contributed by atoms with Gasteiger partial charge in [-0.3, -0.25) is 9.59 Å². The number of nitrogens with one attached hydrogen (secondary N) is 2. The van der Waals surface area contributed by atoms with Crippen molar-refractivity contribution in [3.05, 3.63) is 83.1 Å². The molecule has 31 heavy (non-hydrogen) atoms. The van der Waals surface area contributed by atoms with E-state index in [2.05, 4.69) is 15.6 Å². The molecule has 9 heteroatoms. The number of anilines is 2. The molecule has 2 N–H and O–H groups in total. The molecule has 0 saturated carbocycles. The molecule has 2 amide bonds. The monoisotopic (exact) mass is 471 g/mol. The normalized spacial score (nSPS) is 10.8. The van der Waals surface area contributed by atoms with Crippen LogP contribution in [-0.4, -0.2) is 22.6 Å². The maximum atomic E-state index is 12.9. The van der Waals surface area contributed by atoms with Gasteiger partial charge in [0.05, 0.1) is 16.0 Å². The van der Waals surface area contributed by atoms with Crippen molar-refractivity contribution in [2.45, 2.75) is 4.34 Å². The third-order valence-electron chi connectivity index (χ3n) is 4.19. The number of fused-ring (bicyclic) bond motifs is 1. The van der Waals surface area contributed by atoms with Crippen LogP contribution in [-0.2, 0) is 4.79 Å². The topological polar surface area (TPSA) is 71.1 Å². The quantitative estimate of drug-likeness (QED) is 0.335. The molecular weight excluding hydrogens is 457 g/mol. The fourth-order valence-corrected chi connectivity index (χ4v) is 4.74. The molecule has 156 valence electrons. The lowest BCUT2D eigenvalue weighted by atomic mass is 10.2. The molecule has 0 unspecified atom stereocenters. The van der Waals surface area contributed by atoms with E-state index in [0.717, 1.165) is 14.6 Å². The maximum Gasteiger partial charge on any atom is 0.255 e. The van der Waals surface area contributed by atoms with Crippen molar-refractivity contribution in [1.82, 2.24) is 4.98 Å². The van der Waals surface area contributed by atoms with Crippen LogP contribution in [0.25, 0.3) is 10.2 Å². The molecule has 0 spiro atoms. The second-order valence-corrected chi connectivity index (χ2v) is 9.16. The number of amides is 2. The molecule has 4 aromatic rings. The lowest BCUT2D eigenvalue weighted by Gasteiger charge is -2.05. The Balaban J connectivity index is 1.38. The summed E-state index contributed by atoms with van der Waals surface area (Å²) in [6.45, 7) is 0. The Morgan fingerprint density at radius 2 is 1.68 bits per heavy atom. The van der Waals surface area contributed by atoms with E-state index in [0.29, 0.717) is 22.0 Å². The van der Waals surface area contributed by atoms with Gasteiger partial charge in [0.15, 0.2) is 4.34 Å². The van der Waals surface area contributed by atoms with E-state index in [-0.39, 0.29) is 23.4 Å². The van der Waals surface area contributed by atoms with Gasteiger partial charge in [0.1, 0.15) is 5.82 Å². The number of hydrogen-bond donors (Lipinski definition) is 2. The van der Waals surface area contributed by atoms with Crippen LogP contribution in [0.5, 0.6) is 0 Å². The molecule has 5 nitrogen and oxygen atoms in total. The number of rotatable bonds is 6. The summed E-state index contributed by atoms with van der Waals surface area (Å²) in [6.07, 6.45) is 0. The van der Waals surface area contributed by atoms with Gasteiger partial charge in [0, 0.05) is 22.0 Å². The van der Waals surface area contributed by atoms with Crippen LogP contribution in [0.4, 0.5) is 15.8 Å². The van der Waals surface area contributed by atoms with E-state index in [4.69, 9.17) is 11.6 Å². The van der Waals surface area contributed by atoms with Gasteiger partial charge in [-0.25, -0.2) is 9.37 Å². The molecule has 0 aliphatic heterocycles. The molecule has 1 heterocycles. The van der Waals surface area contributed by atoms with E-state index < -0.39 is 0 Å². The number of carbonyl (C=O) groups excluding carboxylic acids is 2. The standard InChI is InChI=1S/C22H15ClFN3O2S2/c23-14-3-1-13(2-4-14)21(29)26-17-9-10-18-19(11-17)31-22(27-18)30-12-20(28)25-16-7-5-15(24)6-8-16/h1-11H,12H2,(H,25,28)(H,26,29). The van der Waals surface area contributed by atoms with Crippen LogP contribution in [0, 0.1) is 5.82 Å². The minimum atomic E-state index is -0.356. The van der Waals surface area contributed by atoms with Crippen molar-refractivity contribution in [3.8, 4) is 0 Å². The molecule has 0 aliphatic rings. The second-order valence-electron chi connectivity index (χ2n) is 6.47. The smallest absolute Gasteiger partial charge is 0.255 e. The second kappa shape index (κ2) is 9.47. The highest BCUT2D eigenvalue weighted by Crippen LogP contribution is 2.31. The first-order valence-electron chi connectivity index (χ1n) is 9.12. The number of nitrogens with zero attached hydrogens (tertiary/aromatic N) is 1. The average Bonchev–Trinajstić information content (AvgIpc) is 3.16. The Labute approximate surface area is 190 Å². The summed E-state index contributed by atoms with van der Waals surface area (Å²) in [5.41, 5.74) is 2.49. The Bertz CT molecular complexity index is 1240. The zero-order chi connectivity index (χ0) is 21.8. The van der Waals surface area contributed by atoms with Crippen molar-refractivity contribution in [3.63, 3.8) is 0 Å². The van der Waals surface area contributed by atoms with Crippen LogP contribution in [0.15, 0.2) is 71.1 Å². The van der Waals surface area contributed by atoms with Gasteiger partial charge in [-0.1, -0.05) is 23.4 Å². The number of hydrogen-bond acceptors (Lipinski definition) is 5. The molecule has 0 saturated heterocycles. The highest BCUT2D eigenvalue weighted by atomic mass is 35.5. The predicted octanol–water partition coefficient (Wildman–Crippen LogP) is 6.07. The average molecular weight is 472 g/mol. The van der Waals surface area contributed by atoms with E-state index in [1.165, 1.54) is 47.4 Å². The van der Waals surface area contributed by atoms with Crippen molar-refractivity contribution < 1.29 is 14.0 Å². The van der Waals surface area contributed by atoms with Gasteiger partial charge >= 0.3 is 0 Å². The van der Waals surface area contributed by atoms with Crippen molar-refractivity contribution in [2.24, 2.45) is 0 Å². The zero-order valence-electron chi connectivity index (χ0n) is 15.9. The Hall–Kier alpha value is -2.94. The summed E-state index contributed by atoms with van der Waals surface area (Å²) in [6, 6.07) is 17.7. The van der Waals surface area contributed by atoms with Gasteiger partial charge in [0.25, 0.3) is 5.91 Å². The first-order valence-corrected chi connectivity index (χ1v) is 11.3. The largest absolute Gasteiger partial charge is 0.325 e. The molecule has 0 aliphatic carbocycles. The molecule has 0 radical (unpaired) electrons. The van der Waals surface area contributed by atoms with Crippen LogP contribution >= 0.6 is 34.7 Å². The fourth-order valence-electron chi connectivity index (χ4n) is 2.71. The van der Waals surface area contributed by atoms with Gasteiger partial charge < -0.3 is 10.6 Å². The van der Waals surface area contributed by atoms with Crippen molar-refractivity contribution >= 4 is 68.1 Å². The fraction of sp³-hybridized carbons (Fsp3) is 0.0455. The van der Waals surface area contributed by atoms with E-state index in [1.54, 1.807) is 30.3 Å². The number of benzene rings is 3. The SMILES string of the molecule is O=C(CSc1nc2ccc(NC(=O)c3ccc(Cl)cc3)cc2s1)Nc1ccc(F)cc1. The van der Waals surface area contributed by atoms with E-state index in [1.807, 2.05) is 12.1 Å². The minimum absolute atomic E-state index is 0.178. The summed E-state index contributed by atoms with van der Waals surface area (Å²) in [4.78, 5) is 29.0. The van der Waals surface area contributed by atoms with E-state index in [9.17, 15) is 14.0 Å². The molecule has 3 aromatic carbocycles. The molecule has 0 atom stereocenters. The summed E-state index contributed by atoms with van der Waals surface area (Å²) in [5.74, 6) is -0.609. The van der Waals surface area contributed by atoms with Crippen molar-refractivity contribution in [2.75, 3.05) is 16.4 Å². The van der Waals surface area contributed by atoms with Gasteiger partial charge in [-0.05, 0) is 66.7 Å². The van der Waals surface area contributed by atoms with Crippen LogP contribution < -0.4 is 10.6 Å². The predicted molar refractivity (Wildman–Crippen MR) is 125 cm³/mol. The zero-order valence-corrected chi connectivity index (χ0v) is 18.3. The van der Waals surface area contributed by atoms with Gasteiger partial charge in [-0.15, -0.1) is 11.3 Å². The lowest BCUT2D eigenvalue weighted by molar-refractivity contribution is -0.113. The number of aromatic nitrogens is 1. The van der Waals surface area contributed by atoms with Crippen LogP contribution in [0.1, 0.15) is 10.4 Å². The first-order chi connectivity index (χ1) is 15.0. The molecule has 0 bridgehead atoms. The Morgan fingerprint density at radius 3 is 2.42 bits per heavy atom. The van der Waals surface area contributed by atoms with Gasteiger partial charge in [-0.2, -0.15) is 0 Å².